The minimum atomic E-state index is -0.351. The van der Waals surface area contributed by atoms with E-state index in [2.05, 4.69) is 0 Å². The number of benzene rings is 1. The van der Waals surface area contributed by atoms with Crippen molar-refractivity contribution in [3.8, 4) is 5.75 Å². The van der Waals surface area contributed by atoms with Crippen LogP contribution in [0.4, 0.5) is 0 Å². The molecule has 0 radical (unpaired) electrons. The Bertz CT molecular complexity index is 542. The molecule has 1 aromatic rings. The van der Waals surface area contributed by atoms with Gasteiger partial charge in [0.05, 0.1) is 13.0 Å². The number of ether oxygens (including phenoxy) is 2. The zero-order valence-electron chi connectivity index (χ0n) is 14.7. The summed E-state index contributed by atoms with van der Waals surface area (Å²) in [6, 6.07) is 5.77. The first-order valence-electron chi connectivity index (χ1n) is 7.95. The second kappa shape index (κ2) is 9.18. The SMILES string of the molecule is CCCN(CC(C)C(=O)OC)C(=O)COc1cccc(C)c1C. The maximum Gasteiger partial charge on any atom is 0.310 e. The molecule has 1 aromatic carbocycles. The molecule has 0 fully saturated rings. The lowest BCUT2D eigenvalue weighted by molar-refractivity contribution is -0.146. The first-order chi connectivity index (χ1) is 10.9. The number of rotatable bonds is 8. The quantitative estimate of drug-likeness (QED) is 0.691. The predicted octanol–water partition coefficient (Wildman–Crippen LogP) is 2.73. The normalized spacial score (nSPS) is 11.7. The van der Waals surface area contributed by atoms with Crippen molar-refractivity contribution in [2.24, 2.45) is 5.92 Å². The average Bonchev–Trinajstić information content (AvgIpc) is 2.54. The molecule has 23 heavy (non-hydrogen) atoms. The molecule has 1 atom stereocenters. The van der Waals surface area contributed by atoms with Crippen LogP contribution >= 0.6 is 0 Å². The maximum absolute atomic E-state index is 12.4. The van der Waals surface area contributed by atoms with Crippen molar-refractivity contribution in [3.63, 3.8) is 0 Å². The highest BCUT2D eigenvalue weighted by Gasteiger charge is 2.21. The summed E-state index contributed by atoms with van der Waals surface area (Å²) in [6.45, 7) is 8.63. The Morgan fingerprint density at radius 1 is 1.26 bits per heavy atom. The summed E-state index contributed by atoms with van der Waals surface area (Å²) in [5.41, 5.74) is 2.16. The van der Waals surface area contributed by atoms with E-state index in [1.54, 1.807) is 11.8 Å². The molecule has 0 bridgehead atoms. The zero-order chi connectivity index (χ0) is 17.4. The molecular weight excluding hydrogens is 294 g/mol. The summed E-state index contributed by atoms with van der Waals surface area (Å²) in [5.74, 6) is -0.0649. The lowest BCUT2D eigenvalue weighted by Gasteiger charge is -2.24. The lowest BCUT2D eigenvalue weighted by Crippen LogP contribution is -2.40. The minimum Gasteiger partial charge on any atom is -0.483 e. The van der Waals surface area contributed by atoms with Crippen LogP contribution in [0.3, 0.4) is 0 Å². The summed E-state index contributed by atoms with van der Waals surface area (Å²) >= 11 is 0. The van der Waals surface area contributed by atoms with E-state index in [-0.39, 0.29) is 24.4 Å². The third kappa shape index (κ3) is 5.58. The molecule has 0 aromatic heterocycles. The van der Waals surface area contributed by atoms with Gasteiger partial charge < -0.3 is 14.4 Å². The zero-order valence-corrected chi connectivity index (χ0v) is 14.7. The van der Waals surface area contributed by atoms with Crippen molar-refractivity contribution >= 4 is 11.9 Å². The van der Waals surface area contributed by atoms with Crippen molar-refractivity contribution in [1.82, 2.24) is 4.90 Å². The number of nitrogens with zero attached hydrogens (tertiary/aromatic N) is 1. The molecule has 128 valence electrons. The molecule has 0 aliphatic heterocycles. The van der Waals surface area contributed by atoms with Crippen molar-refractivity contribution in [1.29, 1.82) is 0 Å². The van der Waals surface area contributed by atoms with E-state index < -0.39 is 0 Å². The Labute approximate surface area is 138 Å². The molecule has 0 saturated carbocycles. The van der Waals surface area contributed by atoms with Crippen LogP contribution in [0, 0.1) is 19.8 Å². The van der Waals surface area contributed by atoms with E-state index in [1.807, 2.05) is 39.0 Å². The molecule has 0 N–H and O–H groups in total. The second-order valence-electron chi connectivity index (χ2n) is 5.75. The van der Waals surface area contributed by atoms with Crippen LogP contribution in [0.25, 0.3) is 0 Å². The number of carbonyl (C=O) groups is 2. The van der Waals surface area contributed by atoms with E-state index in [9.17, 15) is 9.59 Å². The second-order valence-corrected chi connectivity index (χ2v) is 5.75. The number of esters is 1. The van der Waals surface area contributed by atoms with Gasteiger partial charge in [-0.1, -0.05) is 26.0 Å². The number of amides is 1. The van der Waals surface area contributed by atoms with E-state index >= 15 is 0 Å². The smallest absolute Gasteiger partial charge is 0.310 e. The molecule has 1 amide bonds. The fourth-order valence-corrected chi connectivity index (χ4v) is 2.31. The van der Waals surface area contributed by atoms with Crippen molar-refractivity contribution in [3.05, 3.63) is 29.3 Å². The average molecular weight is 321 g/mol. The van der Waals surface area contributed by atoms with Gasteiger partial charge in [0, 0.05) is 13.1 Å². The third-order valence-electron chi connectivity index (χ3n) is 3.85. The first kappa shape index (κ1) is 19.0. The number of hydrogen-bond donors (Lipinski definition) is 0. The number of hydrogen-bond acceptors (Lipinski definition) is 4. The summed E-state index contributed by atoms with van der Waals surface area (Å²) in [5, 5.41) is 0. The van der Waals surface area contributed by atoms with E-state index in [1.165, 1.54) is 7.11 Å². The monoisotopic (exact) mass is 321 g/mol. The Hall–Kier alpha value is -2.04. The van der Waals surface area contributed by atoms with Crippen LogP contribution in [0.15, 0.2) is 18.2 Å². The Morgan fingerprint density at radius 3 is 2.57 bits per heavy atom. The fraction of sp³-hybridized carbons (Fsp3) is 0.556. The fourth-order valence-electron chi connectivity index (χ4n) is 2.31. The van der Waals surface area contributed by atoms with Crippen LogP contribution in [-0.4, -0.2) is 43.6 Å². The van der Waals surface area contributed by atoms with Crippen LogP contribution in [-0.2, 0) is 14.3 Å². The van der Waals surface area contributed by atoms with E-state index in [4.69, 9.17) is 9.47 Å². The predicted molar refractivity (Wildman–Crippen MR) is 89.5 cm³/mol. The summed E-state index contributed by atoms with van der Waals surface area (Å²) < 4.78 is 10.4. The van der Waals surface area contributed by atoms with E-state index in [0.717, 1.165) is 23.3 Å². The topological polar surface area (TPSA) is 55.8 Å². The van der Waals surface area contributed by atoms with E-state index in [0.29, 0.717) is 13.1 Å². The largest absolute Gasteiger partial charge is 0.483 e. The van der Waals surface area contributed by atoms with Crippen molar-refractivity contribution < 1.29 is 19.1 Å². The Kier molecular flexibility index (Phi) is 7.59. The highest BCUT2D eigenvalue weighted by molar-refractivity contribution is 5.79. The van der Waals surface area contributed by atoms with Gasteiger partial charge in [0.15, 0.2) is 6.61 Å². The van der Waals surface area contributed by atoms with Gasteiger partial charge in [-0.3, -0.25) is 9.59 Å². The lowest BCUT2D eigenvalue weighted by atomic mass is 10.1. The molecule has 5 nitrogen and oxygen atoms in total. The van der Waals surface area contributed by atoms with Gasteiger partial charge in [-0.15, -0.1) is 0 Å². The molecule has 5 heteroatoms. The molecule has 1 rings (SSSR count). The highest BCUT2D eigenvalue weighted by Crippen LogP contribution is 2.20. The summed E-state index contributed by atoms with van der Waals surface area (Å²) in [7, 11) is 1.36. The molecule has 1 unspecified atom stereocenters. The Morgan fingerprint density at radius 2 is 1.96 bits per heavy atom. The van der Waals surface area contributed by atoms with Gasteiger partial charge in [0.1, 0.15) is 5.75 Å². The minimum absolute atomic E-state index is 0.0296. The number of methoxy groups -OCH3 is 1. The van der Waals surface area contributed by atoms with Gasteiger partial charge in [-0.2, -0.15) is 0 Å². The maximum atomic E-state index is 12.4. The van der Waals surface area contributed by atoms with Crippen LogP contribution < -0.4 is 4.74 Å². The van der Waals surface area contributed by atoms with Crippen molar-refractivity contribution in [2.45, 2.75) is 34.1 Å². The first-order valence-corrected chi connectivity index (χ1v) is 7.95. The molecule has 0 aliphatic carbocycles. The number of aryl methyl sites for hydroxylation is 1. The van der Waals surface area contributed by atoms with Gasteiger partial charge in [0.25, 0.3) is 5.91 Å². The molecule has 0 saturated heterocycles. The number of carbonyl (C=O) groups excluding carboxylic acids is 2. The van der Waals surface area contributed by atoms with Crippen LogP contribution in [0.2, 0.25) is 0 Å². The highest BCUT2D eigenvalue weighted by atomic mass is 16.5. The summed E-state index contributed by atoms with van der Waals surface area (Å²) in [4.78, 5) is 25.6. The molecule has 0 aliphatic rings. The standard InChI is InChI=1S/C18H27NO4/c1-6-10-19(11-14(3)18(21)22-5)17(20)12-23-16-9-7-8-13(2)15(16)4/h7-9,14H,6,10-12H2,1-5H3. The summed E-state index contributed by atoms with van der Waals surface area (Å²) in [6.07, 6.45) is 0.823. The molecular formula is C18H27NO4. The van der Waals surface area contributed by atoms with Gasteiger partial charge in [-0.25, -0.2) is 0 Å². The Balaban J connectivity index is 2.67. The van der Waals surface area contributed by atoms with Gasteiger partial charge >= 0.3 is 5.97 Å². The molecule has 0 spiro atoms. The van der Waals surface area contributed by atoms with Gasteiger partial charge in [-0.05, 0) is 37.5 Å². The third-order valence-corrected chi connectivity index (χ3v) is 3.85. The van der Waals surface area contributed by atoms with Gasteiger partial charge in [0.2, 0.25) is 0 Å². The van der Waals surface area contributed by atoms with Crippen LogP contribution in [0.5, 0.6) is 5.75 Å². The van der Waals surface area contributed by atoms with Crippen LogP contribution in [0.1, 0.15) is 31.4 Å². The van der Waals surface area contributed by atoms with Crippen molar-refractivity contribution in [2.75, 3.05) is 26.8 Å². The molecule has 0 heterocycles.